The van der Waals surface area contributed by atoms with E-state index in [1.54, 1.807) is 12.3 Å². The van der Waals surface area contributed by atoms with Crippen molar-refractivity contribution in [1.82, 2.24) is 25.1 Å². The largest absolute Gasteiger partial charge is 0.484 e. The van der Waals surface area contributed by atoms with Crippen LogP contribution in [0.3, 0.4) is 0 Å². The molecule has 0 radical (unpaired) electrons. The van der Waals surface area contributed by atoms with Gasteiger partial charge in [-0.2, -0.15) is 0 Å². The van der Waals surface area contributed by atoms with Crippen LogP contribution in [0.5, 0.6) is 5.75 Å². The van der Waals surface area contributed by atoms with E-state index < -0.39 is 6.10 Å². The summed E-state index contributed by atoms with van der Waals surface area (Å²) in [6.07, 6.45) is 8.35. The minimum Gasteiger partial charge on any atom is -0.484 e. The van der Waals surface area contributed by atoms with Crippen molar-refractivity contribution in [2.45, 2.75) is 63.8 Å². The Morgan fingerprint density at radius 2 is 1.94 bits per heavy atom. The summed E-state index contributed by atoms with van der Waals surface area (Å²) in [5.74, 6) is 2.89. The molecule has 4 heterocycles. The van der Waals surface area contributed by atoms with Crippen LogP contribution in [0.25, 0.3) is 0 Å². The van der Waals surface area contributed by atoms with Crippen molar-refractivity contribution in [2.75, 3.05) is 56.0 Å². The highest BCUT2D eigenvalue weighted by molar-refractivity contribution is 6.33. The number of amides is 2. The molecule has 250 valence electrons. The Labute approximate surface area is 279 Å². The van der Waals surface area contributed by atoms with Crippen LogP contribution in [0.15, 0.2) is 41.3 Å². The summed E-state index contributed by atoms with van der Waals surface area (Å²) in [5.41, 5.74) is 2.65. The normalized spacial score (nSPS) is 19.1. The smallest absolute Gasteiger partial charge is 0.251 e. The zero-order valence-corrected chi connectivity index (χ0v) is 27.3. The van der Waals surface area contributed by atoms with Crippen molar-refractivity contribution >= 4 is 35.1 Å². The summed E-state index contributed by atoms with van der Waals surface area (Å²) in [6.45, 7) is 4.86. The Morgan fingerprint density at radius 3 is 2.66 bits per heavy atom. The average molecular weight is 664 g/mol. The topological polar surface area (TPSA) is 136 Å². The standard InChI is InChI=1S/C34H42ClN7O5/c35-32-28-8-9-40(18-23(28)6-7-29(32)46-20-27-17-36-21-47-27)19-26(43)16-37-33(44)24-14-30(38-25-2-1-3-25)39-31(15-24)41-10-12-42(13-11-41)34(45)22-4-5-22/h6-7,14-15,17,21-22,25-26,43H,1-5,8-13,16,18-20H2,(H,37,44)(H,38,39). The fourth-order valence-electron chi connectivity index (χ4n) is 6.44. The number of carbonyl (C=O) groups excluding carboxylic acids is 2. The molecule has 1 saturated heterocycles. The Balaban J connectivity index is 0.933. The van der Waals surface area contributed by atoms with Crippen molar-refractivity contribution in [2.24, 2.45) is 5.92 Å². The monoisotopic (exact) mass is 663 g/mol. The van der Waals surface area contributed by atoms with E-state index in [4.69, 9.17) is 25.7 Å². The summed E-state index contributed by atoms with van der Waals surface area (Å²) < 4.78 is 11.1. The van der Waals surface area contributed by atoms with Crippen LogP contribution in [-0.4, -0.2) is 94.6 Å². The molecule has 3 aromatic rings. The third kappa shape index (κ3) is 7.66. The molecule has 2 aliphatic heterocycles. The SMILES string of the molecule is O=C(NCC(O)CN1CCc2c(ccc(OCc3cnco3)c2Cl)C1)c1cc(NC2CCC2)nc(N2CCN(C(=O)C3CC3)CC2)c1. The molecule has 12 nitrogen and oxygen atoms in total. The average Bonchev–Trinajstić information content (AvgIpc) is 3.79. The van der Waals surface area contributed by atoms with Crippen LogP contribution < -0.4 is 20.3 Å². The number of carbonyl (C=O) groups is 2. The number of benzene rings is 1. The summed E-state index contributed by atoms with van der Waals surface area (Å²) in [7, 11) is 0. The van der Waals surface area contributed by atoms with Crippen LogP contribution >= 0.6 is 11.6 Å². The number of aliphatic hydroxyl groups excluding tert-OH is 1. The van der Waals surface area contributed by atoms with Crippen molar-refractivity contribution in [1.29, 1.82) is 0 Å². The predicted octanol–water partition coefficient (Wildman–Crippen LogP) is 3.47. The van der Waals surface area contributed by atoms with Crippen molar-refractivity contribution in [3.05, 3.63) is 64.3 Å². The van der Waals surface area contributed by atoms with E-state index in [9.17, 15) is 14.7 Å². The molecule has 0 spiro atoms. The first-order chi connectivity index (χ1) is 22.9. The molecule has 2 saturated carbocycles. The molecule has 1 aromatic carbocycles. The molecule has 2 aliphatic carbocycles. The number of hydrogen-bond donors (Lipinski definition) is 3. The number of aliphatic hydroxyl groups is 1. The number of ether oxygens (including phenoxy) is 1. The Morgan fingerprint density at radius 1 is 1.11 bits per heavy atom. The maximum Gasteiger partial charge on any atom is 0.251 e. The first-order valence-electron chi connectivity index (χ1n) is 16.7. The first kappa shape index (κ1) is 31.7. The van der Waals surface area contributed by atoms with E-state index in [1.165, 1.54) is 12.8 Å². The van der Waals surface area contributed by atoms with Gasteiger partial charge in [0.2, 0.25) is 5.91 Å². The van der Waals surface area contributed by atoms with Crippen LogP contribution in [-0.2, 0) is 24.4 Å². The van der Waals surface area contributed by atoms with Crippen molar-refractivity contribution < 1.29 is 23.8 Å². The lowest BCUT2D eigenvalue weighted by molar-refractivity contribution is -0.132. The lowest BCUT2D eigenvalue weighted by Crippen LogP contribution is -2.49. The van der Waals surface area contributed by atoms with Gasteiger partial charge in [-0.05, 0) is 67.9 Å². The van der Waals surface area contributed by atoms with Gasteiger partial charge in [0.25, 0.3) is 5.91 Å². The number of β-amino-alcohol motifs (C(OH)–C–C–N with tert-alkyl or cyclic N) is 1. The molecular weight excluding hydrogens is 622 g/mol. The molecule has 7 rings (SSSR count). The van der Waals surface area contributed by atoms with Gasteiger partial charge in [-0.1, -0.05) is 17.7 Å². The van der Waals surface area contributed by atoms with Gasteiger partial charge in [-0.25, -0.2) is 9.97 Å². The Bertz CT molecular complexity index is 1570. The van der Waals surface area contributed by atoms with Crippen LogP contribution in [0, 0.1) is 5.92 Å². The number of anilines is 2. The third-order valence-electron chi connectivity index (χ3n) is 9.57. The molecule has 2 aromatic heterocycles. The highest BCUT2D eigenvalue weighted by atomic mass is 35.5. The number of nitrogens with zero attached hydrogens (tertiary/aromatic N) is 5. The molecule has 13 heteroatoms. The number of fused-ring (bicyclic) bond motifs is 1. The third-order valence-corrected chi connectivity index (χ3v) is 9.98. The van der Waals surface area contributed by atoms with Crippen LogP contribution in [0.1, 0.15) is 59.3 Å². The van der Waals surface area contributed by atoms with E-state index in [0.717, 1.165) is 55.6 Å². The first-order valence-corrected chi connectivity index (χ1v) is 17.1. The molecule has 3 N–H and O–H groups in total. The maximum absolute atomic E-state index is 13.4. The number of pyridine rings is 1. The van der Waals surface area contributed by atoms with E-state index in [-0.39, 0.29) is 30.9 Å². The summed E-state index contributed by atoms with van der Waals surface area (Å²) in [5, 5.41) is 17.9. The molecular formula is C34H42ClN7O5. The Hall–Kier alpha value is -3.87. The maximum atomic E-state index is 13.4. The minimum absolute atomic E-state index is 0.127. The summed E-state index contributed by atoms with van der Waals surface area (Å²) in [4.78, 5) is 41.0. The fourth-order valence-corrected chi connectivity index (χ4v) is 6.78. The van der Waals surface area contributed by atoms with Gasteiger partial charge in [0, 0.05) is 69.9 Å². The van der Waals surface area contributed by atoms with Gasteiger partial charge in [-0.15, -0.1) is 0 Å². The number of aromatic nitrogens is 2. The van der Waals surface area contributed by atoms with Gasteiger partial charge in [-0.3, -0.25) is 14.5 Å². The van der Waals surface area contributed by atoms with E-state index in [0.29, 0.717) is 73.2 Å². The molecule has 1 atom stereocenters. The van der Waals surface area contributed by atoms with E-state index >= 15 is 0 Å². The van der Waals surface area contributed by atoms with Crippen LogP contribution in [0.2, 0.25) is 5.02 Å². The summed E-state index contributed by atoms with van der Waals surface area (Å²) in [6, 6.07) is 7.86. The zero-order valence-electron chi connectivity index (χ0n) is 26.5. The van der Waals surface area contributed by atoms with Gasteiger partial charge < -0.3 is 34.7 Å². The highest BCUT2D eigenvalue weighted by Crippen LogP contribution is 2.35. The summed E-state index contributed by atoms with van der Waals surface area (Å²) >= 11 is 6.69. The van der Waals surface area contributed by atoms with E-state index in [1.807, 2.05) is 23.1 Å². The fraction of sp³-hybridized carbons (Fsp3) is 0.529. The van der Waals surface area contributed by atoms with Gasteiger partial charge in [0.15, 0.2) is 12.2 Å². The van der Waals surface area contributed by atoms with E-state index in [2.05, 4.69) is 25.4 Å². The second kappa shape index (κ2) is 14.1. The molecule has 4 aliphatic rings. The van der Waals surface area contributed by atoms with Gasteiger partial charge >= 0.3 is 0 Å². The number of halogens is 1. The van der Waals surface area contributed by atoms with Crippen LogP contribution in [0.4, 0.5) is 11.6 Å². The highest BCUT2D eigenvalue weighted by Gasteiger charge is 2.35. The number of rotatable bonds is 12. The van der Waals surface area contributed by atoms with Gasteiger partial charge in [0.1, 0.15) is 24.0 Å². The molecule has 0 bridgehead atoms. The number of hydrogen-bond acceptors (Lipinski definition) is 10. The quantitative estimate of drug-likeness (QED) is 0.264. The second-order valence-electron chi connectivity index (χ2n) is 13.1. The number of piperazine rings is 1. The molecule has 1 unspecified atom stereocenters. The molecule has 47 heavy (non-hydrogen) atoms. The second-order valence-corrected chi connectivity index (χ2v) is 13.5. The minimum atomic E-state index is -0.744. The number of oxazole rings is 1. The zero-order chi connectivity index (χ0) is 32.3. The van der Waals surface area contributed by atoms with Crippen molar-refractivity contribution in [3.63, 3.8) is 0 Å². The molecule has 3 fully saturated rings. The molecule has 2 amide bonds. The lowest BCUT2D eigenvalue weighted by Gasteiger charge is -2.36. The van der Waals surface area contributed by atoms with Gasteiger partial charge in [0.05, 0.1) is 17.3 Å². The van der Waals surface area contributed by atoms with Crippen molar-refractivity contribution in [3.8, 4) is 5.75 Å². The Kier molecular flexibility index (Phi) is 9.51. The predicted molar refractivity (Wildman–Crippen MR) is 177 cm³/mol. The lowest BCUT2D eigenvalue weighted by atomic mass is 9.93. The number of nitrogens with one attached hydrogen (secondary N) is 2.